The zero-order valence-corrected chi connectivity index (χ0v) is 32.8. The Balaban J connectivity index is 0.781. The SMILES string of the molecule is CC1(C)O[C@@H]2[C@H](O1)[C@@H](COC(=O)COc1ccc(-c3ccc(OCC(=O)OC[C@H]4O[C@@H](n5ccc(=O)[nH]c5=O)[C@@H]5OC(C)(C)O[C@@H]54)cc3)cc1)O[C@H]2n1ccc(=O)[nH]c1=O. The van der Waals surface area contributed by atoms with Crippen molar-refractivity contribution < 1.29 is 57.0 Å². The summed E-state index contributed by atoms with van der Waals surface area (Å²) in [6.07, 6.45) is -3.41. The van der Waals surface area contributed by atoms with E-state index < -0.39 is 95.1 Å². The molecule has 0 bridgehead atoms. The van der Waals surface area contributed by atoms with E-state index in [-0.39, 0.29) is 26.4 Å². The number of fused-ring (bicyclic) bond motifs is 2. The lowest BCUT2D eigenvalue weighted by Crippen LogP contribution is -2.37. The summed E-state index contributed by atoms with van der Waals surface area (Å²) in [7, 11) is 0. The average molecular weight is 835 g/mol. The Kier molecular flexibility index (Phi) is 11.1. The van der Waals surface area contributed by atoms with Gasteiger partial charge in [0.2, 0.25) is 0 Å². The molecule has 0 unspecified atom stereocenters. The first-order chi connectivity index (χ1) is 28.6. The fourth-order valence-electron chi connectivity index (χ4n) is 7.50. The summed E-state index contributed by atoms with van der Waals surface area (Å²) in [6.45, 7) is 5.74. The minimum Gasteiger partial charge on any atom is -0.482 e. The van der Waals surface area contributed by atoms with Crippen LogP contribution < -0.4 is 32.0 Å². The van der Waals surface area contributed by atoms with Crippen LogP contribution in [0.15, 0.2) is 92.2 Å². The fourth-order valence-corrected chi connectivity index (χ4v) is 7.50. The molecule has 4 aromatic rings. The molecular weight excluding hydrogens is 792 g/mol. The van der Waals surface area contributed by atoms with Crippen LogP contribution in [0.5, 0.6) is 11.5 Å². The summed E-state index contributed by atoms with van der Waals surface area (Å²) >= 11 is 0. The molecule has 8 atom stereocenters. The van der Waals surface area contributed by atoms with Crippen LogP contribution in [-0.4, -0.2) is 106 Å². The number of carbonyl (C=O) groups excluding carboxylic acids is 2. The van der Waals surface area contributed by atoms with Crippen molar-refractivity contribution in [1.29, 1.82) is 0 Å². The van der Waals surface area contributed by atoms with Gasteiger partial charge in [-0.05, 0) is 63.1 Å². The summed E-state index contributed by atoms with van der Waals surface area (Å²) in [5.74, 6) is -2.41. The number of rotatable bonds is 13. The number of benzene rings is 2. The van der Waals surface area contributed by atoms with Gasteiger partial charge in [0.1, 0.15) is 61.3 Å². The van der Waals surface area contributed by atoms with Gasteiger partial charge < -0.3 is 47.4 Å². The number of nitrogens with one attached hydrogen (secondary N) is 2. The number of aromatic amines is 2. The quantitative estimate of drug-likeness (QED) is 0.180. The minimum atomic E-state index is -0.975. The third kappa shape index (κ3) is 8.83. The van der Waals surface area contributed by atoms with Gasteiger partial charge in [-0.25, -0.2) is 19.2 Å². The first-order valence-corrected chi connectivity index (χ1v) is 19.0. The largest absolute Gasteiger partial charge is 0.482 e. The normalized spacial score (nSPS) is 27.2. The molecule has 20 nitrogen and oxygen atoms in total. The summed E-state index contributed by atoms with van der Waals surface area (Å²) in [5, 5.41) is 0. The van der Waals surface area contributed by atoms with Crippen molar-refractivity contribution >= 4 is 11.9 Å². The van der Waals surface area contributed by atoms with E-state index in [0.717, 1.165) is 11.1 Å². The third-order valence-electron chi connectivity index (χ3n) is 10.1. The highest BCUT2D eigenvalue weighted by molar-refractivity contribution is 5.72. The Morgan fingerprint density at radius 3 is 1.30 bits per heavy atom. The lowest BCUT2D eigenvalue weighted by molar-refractivity contribution is -0.203. The molecule has 318 valence electrons. The van der Waals surface area contributed by atoms with Gasteiger partial charge in [-0.2, -0.15) is 0 Å². The number of hydrogen-bond acceptors (Lipinski definition) is 16. The smallest absolute Gasteiger partial charge is 0.344 e. The molecule has 20 heteroatoms. The van der Waals surface area contributed by atoms with Gasteiger partial charge >= 0.3 is 23.3 Å². The van der Waals surface area contributed by atoms with Crippen molar-refractivity contribution in [2.24, 2.45) is 0 Å². The van der Waals surface area contributed by atoms with Crippen LogP contribution in [0.1, 0.15) is 40.2 Å². The van der Waals surface area contributed by atoms with Gasteiger partial charge in [0.05, 0.1) is 0 Å². The van der Waals surface area contributed by atoms with Gasteiger partial charge in [-0.15, -0.1) is 0 Å². The van der Waals surface area contributed by atoms with Crippen LogP contribution in [0, 0.1) is 0 Å². The Morgan fingerprint density at radius 2 is 0.933 bits per heavy atom. The molecule has 8 rings (SSSR count). The van der Waals surface area contributed by atoms with Gasteiger partial charge in [-0.1, -0.05) is 24.3 Å². The van der Waals surface area contributed by atoms with E-state index >= 15 is 0 Å². The number of esters is 2. The van der Waals surface area contributed by atoms with E-state index in [2.05, 4.69) is 9.97 Å². The van der Waals surface area contributed by atoms with Gasteiger partial charge in [-0.3, -0.25) is 28.7 Å². The number of carbonyl (C=O) groups is 2. The molecule has 0 saturated carbocycles. The number of H-pyrrole nitrogens is 2. The first kappa shape index (κ1) is 40.9. The minimum absolute atomic E-state index is 0.192. The van der Waals surface area contributed by atoms with E-state index in [1.165, 1.54) is 33.7 Å². The van der Waals surface area contributed by atoms with E-state index in [9.17, 15) is 28.8 Å². The highest BCUT2D eigenvalue weighted by Gasteiger charge is 2.57. The zero-order valence-electron chi connectivity index (χ0n) is 32.8. The maximum absolute atomic E-state index is 12.6. The molecule has 0 spiro atoms. The maximum atomic E-state index is 12.6. The summed E-state index contributed by atoms with van der Waals surface area (Å²) < 4.78 is 60.5. The highest BCUT2D eigenvalue weighted by Crippen LogP contribution is 2.44. The van der Waals surface area contributed by atoms with Crippen molar-refractivity contribution in [3.8, 4) is 22.6 Å². The van der Waals surface area contributed by atoms with Crippen LogP contribution in [0.2, 0.25) is 0 Å². The van der Waals surface area contributed by atoms with Crippen molar-refractivity contribution in [2.75, 3.05) is 26.4 Å². The molecule has 6 heterocycles. The number of aromatic nitrogens is 4. The van der Waals surface area contributed by atoms with Gasteiger partial charge in [0.15, 0.2) is 37.2 Å². The van der Waals surface area contributed by atoms with E-state index in [1.54, 1.807) is 52.0 Å². The Bertz CT molecular complexity index is 2290. The van der Waals surface area contributed by atoms with Crippen LogP contribution in [0.3, 0.4) is 0 Å². The average Bonchev–Trinajstić information content (AvgIpc) is 3.91. The van der Waals surface area contributed by atoms with Gasteiger partial charge in [0.25, 0.3) is 11.1 Å². The standard InChI is InChI=1S/C40H42N4O16/c1-39(2)57-31-25(55-35(33(31)59-39)43-15-13-27(45)41-37(43)49)17-53-29(47)19-51-23-9-5-21(6-10-23)22-7-11-24(12-8-22)52-20-30(48)54-18-26-32-34(60-40(3,4)58-32)36(56-26)44-16-14-28(46)42-38(44)50/h5-16,25-26,31-36H,17-20H2,1-4H3,(H,41,45,49)(H,42,46,50)/t25-,26-,31-,32-,33-,34-,35-,36-/m1/s1. The monoisotopic (exact) mass is 834 g/mol. The second-order valence-electron chi connectivity index (χ2n) is 15.3. The first-order valence-electron chi connectivity index (χ1n) is 19.0. The van der Waals surface area contributed by atoms with E-state index in [1.807, 2.05) is 24.3 Å². The summed E-state index contributed by atoms with van der Waals surface area (Å²) in [5.41, 5.74) is -0.756. The van der Waals surface area contributed by atoms with Crippen LogP contribution in [0.4, 0.5) is 0 Å². The lowest BCUT2D eigenvalue weighted by Gasteiger charge is -2.24. The topological polar surface area (TPSA) is 236 Å². The predicted molar refractivity (Wildman–Crippen MR) is 203 cm³/mol. The molecule has 60 heavy (non-hydrogen) atoms. The molecule has 0 radical (unpaired) electrons. The lowest BCUT2D eigenvalue weighted by atomic mass is 10.1. The van der Waals surface area contributed by atoms with Gasteiger partial charge in [0, 0.05) is 24.5 Å². The molecule has 4 aliphatic heterocycles. The third-order valence-corrected chi connectivity index (χ3v) is 10.1. The number of ether oxygens (including phenoxy) is 10. The molecule has 0 amide bonds. The van der Waals surface area contributed by atoms with Crippen molar-refractivity contribution in [2.45, 2.75) is 88.3 Å². The molecule has 0 aliphatic carbocycles. The molecule has 4 saturated heterocycles. The van der Waals surface area contributed by atoms with E-state index in [4.69, 9.17) is 47.4 Å². The molecule has 4 fully saturated rings. The van der Waals surface area contributed by atoms with E-state index in [0.29, 0.717) is 11.5 Å². The second-order valence-corrected chi connectivity index (χ2v) is 15.3. The van der Waals surface area contributed by atoms with Crippen LogP contribution in [0.25, 0.3) is 11.1 Å². The summed E-state index contributed by atoms with van der Waals surface area (Å²) in [6, 6.07) is 16.4. The second kappa shape index (κ2) is 16.3. The number of nitrogens with zero attached hydrogens (tertiary/aromatic N) is 2. The Hall–Kier alpha value is -5.90. The molecule has 4 aliphatic rings. The highest BCUT2D eigenvalue weighted by atomic mass is 16.8. The molecule has 2 aromatic heterocycles. The van der Waals surface area contributed by atoms with Crippen molar-refractivity contribution in [1.82, 2.24) is 19.1 Å². The summed E-state index contributed by atoms with van der Waals surface area (Å²) in [4.78, 5) is 77.7. The Morgan fingerprint density at radius 1 is 0.567 bits per heavy atom. The zero-order chi connectivity index (χ0) is 42.3. The van der Waals surface area contributed by atoms with Crippen LogP contribution in [-0.2, 0) is 47.5 Å². The number of hydrogen-bond donors (Lipinski definition) is 2. The van der Waals surface area contributed by atoms with Crippen molar-refractivity contribution in [3.05, 3.63) is 115 Å². The molecule has 2 aromatic carbocycles. The predicted octanol–water partition coefficient (Wildman–Crippen LogP) is 1.13. The molecular formula is C40H42N4O16. The maximum Gasteiger partial charge on any atom is 0.344 e. The molecule has 2 N–H and O–H groups in total. The Labute approximate surface area is 339 Å². The van der Waals surface area contributed by atoms with Crippen LogP contribution >= 0.6 is 0 Å². The fraction of sp³-hybridized carbons (Fsp3) is 0.450. The van der Waals surface area contributed by atoms with Crippen molar-refractivity contribution in [3.63, 3.8) is 0 Å².